The maximum Gasteiger partial charge on any atom is 0.248 e. The van der Waals surface area contributed by atoms with E-state index in [1.807, 2.05) is 0 Å². The summed E-state index contributed by atoms with van der Waals surface area (Å²) in [5.41, 5.74) is 4.79. The number of amides is 4. The first-order valence-electron chi connectivity index (χ1n) is 5.49. The monoisotopic (exact) mass is 257 g/mol. The summed E-state index contributed by atoms with van der Waals surface area (Å²) in [4.78, 5) is 45.3. The number of nitrogens with one attached hydrogen (secondary N) is 1. The van der Waals surface area contributed by atoms with Crippen LogP contribution in [0.15, 0.2) is 0 Å². The Morgan fingerprint density at radius 3 is 2.39 bits per heavy atom. The zero-order valence-electron chi connectivity index (χ0n) is 9.72. The van der Waals surface area contributed by atoms with E-state index < -0.39 is 17.9 Å². The molecule has 1 fully saturated rings. The number of imide groups is 1. The first-order chi connectivity index (χ1) is 8.41. The third-order valence-electron chi connectivity index (χ3n) is 2.54. The average molecular weight is 257 g/mol. The third kappa shape index (κ3) is 3.81. The summed E-state index contributed by atoms with van der Waals surface area (Å²) in [6.45, 7) is -0.272. The lowest BCUT2D eigenvalue weighted by molar-refractivity contribution is -0.138. The van der Waals surface area contributed by atoms with Crippen LogP contribution in [0.5, 0.6) is 0 Å². The van der Waals surface area contributed by atoms with Gasteiger partial charge in [0.1, 0.15) is 6.10 Å². The van der Waals surface area contributed by atoms with E-state index in [2.05, 4.69) is 5.32 Å². The fourth-order valence-electron chi connectivity index (χ4n) is 1.49. The molecule has 1 atom stereocenters. The third-order valence-corrected chi connectivity index (χ3v) is 2.54. The van der Waals surface area contributed by atoms with Crippen LogP contribution in [0.4, 0.5) is 0 Å². The molecule has 0 aliphatic carbocycles. The number of nitrogens with zero attached hydrogens (tertiary/aromatic N) is 1. The van der Waals surface area contributed by atoms with Gasteiger partial charge < -0.3 is 16.2 Å². The van der Waals surface area contributed by atoms with Crippen molar-refractivity contribution in [1.29, 1.82) is 0 Å². The summed E-state index contributed by atoms with van der Waals surface area (Å²) in [5.74, 6) is -1.97. The van der Waals surface area contributed by atoms with Gasteiger partial charge in [0, 0.05) is 25.8 Å². The number of rotatable bonds is 6. The van der Waals surface area contributed by atoms with Gasteiger partial charge >= 0.3 is 0 Å². The Morgan fingerprint density at radius 2 is 1.89 bits per heavy atom. The van der Waals surface area contributed by atoms with Crippen LogP contribution in [0.2, 0.25) is 0 Å². The normalized spacial score (nSPS) is 16.8. The molecule has 8 nitrogen and oxygen atoms in total. The van der Waals surface area contributed by atoms with E-state index >= 15 is 0 Å². The van der Waals surface area contributed by atoms with E-state index in [1.54, 1.807) is 0 Å². The molecule has 1 saturated heterocycles. The second kappa shape index (κ2) is 6.10. The number of carbonyl (C=O) groups excluding carboxylic acids is 4. The van der Waals surface area contributed by atoms with E-state index in [9.17, 15) is 19.2 Å². The summed E-state index contributed by atoms with van der Waals surface area (Å²) in [6, 6.07) is 0. The van der Waals surface area contributed by atoms with E-state index in [-0.39, 0.29) is 44.2 Å². The van der Waals surface area contributed by atoms with E-state index in [4.69, 9.17) is 10.8 Å². The minimum absolute atomic E-state index is 0.0101. The molecule has 18 heavy (non-hydrogen) atoms. The van der Waals surface area contributed by atoms with E-state index in [0.29, 0.717) is 0 Å². The topological polar surface area (TPSA) is 130 Å². The predicted molar refractivity (Wildman–Crippen MR) is 58.8 cm³/mol. The summed E-state index contributed by atoms with van der Waals surface area (Å²) in [7, 11) is 0. The number of carbonyl (C=O) groups is 4. The molecule has 1 aliphatic rings. The molecule has 0 aromatic heterocycles. The summed E-state index contributed by atoms with van der Waals surface area (Å²) >= 11 is 0. The van der Waals surface area contributed by atoms with Gasteiger partial charge in [-0.2, -0.15) is 0 Å². The van der Waals surface area contributed by atoms with Gasteiger partial charge in [-0.1, -0.05) is 0 Å². The second-order valence-corrected chi connectivity index (χ2v) is 3.91. The average Bonchev–Trinajstić information content (AvgIpc) is 2.63. The van der Waals surface area contributed by atoms with Crippen LogP contribution in [-0.2, 0) is 19.2 Å². The molecular formula is C10H15N3O5. The van der Waals surface area contributed by atoms with E-state index in [1.165, 1.54) is 0 Å². The Labute approximate surface area is 103 Å². The molecule has 0 radical (unpaired) electrons. The minimum Gasteiger partial charge on any atom is -0.381 e. The zero-order chi connectivity index (χ0) is 13.7. The molecule has 8 heteroatoms. The van der Waals surface area contributed by atoms with Gasteiger partial charge in [0.15, 0.2) is 0 Å². The highest BCUT2D eigenvalue weighted by atomic mass is 16.3. The van der Waals surface area contributed by atoms with Gasteiger partial charge in [0.2, 0.25) is 23.6 Å². The van der Waals surface area contributed by atoms with Crippen molar-refractivity contribution in [2.24, 2.45) is 5.73 Å². The molecule has 1 aliphatic heterocycles. The van der Waals surface area contributed by atoms with Crippen molar-refractivity contribution in [2.45, 2.75) is 25.4 Å². The number of aliphatic hydroxyl groups excluding tert-OH is 1. The number of primary amides is 1. The molecule has 1 heterocycles. The van der Waals surface area contributed by atoms with Crippen molar-refractivity contribution in [2.75, 3.05) is 13.1 Å². The molecule has 4 N–H and O–H groups in total. The number of hydrogen-bond acceptors (Lipinski definition) is 5. The van der Waals surface area contributed by atoms with Crippen LogP contribution in [0.25, 0.3) is 0 Å². The van der Waals surface area contributed by atoms with Gasteiger partial charge in [-0.3, -0.25) is 24.1 Å². The van der Waals surface area contributed by atoms with Crippen LogP contribution in [-0.4, -0.2) is 52.8 Å². The maximum atomic E-state index is 11.3. The molecule has 4 amide bonds. The van der Waals surface area contributed by atoms with Crippen LogP contribution in [0.1, 0.15) is 19.3 Å². The SMILES string of the molecule is NC(=O)C(O)CNC(=O)CCN1C(=O)CCC1=O. The zero-order valence-corrected chi connectivity index (χ0v) is 9.72. The quantitative estimate of drug-likeness (QED) is 0.452. The van der Waals surface area contributed by atoms with Crippen molar-refractivity contribution in [3.8, 4) is 0 Å². The van der Waals surface area contributed by atoms with Crippen LogP contribution >= 0.6 is 0 Å². The fraction of sp³-hybridized carbons (Fsp3) is 0.600. The maximum absolute atomic E-state index is 11.3. The summed E-state index contributed by atoms with van der Waals surface area (Å²) in [6.07, 6.45) is -1.14. The van der Waals surface area contributed by atoms with Gasteiger partial charge in [-0.05, 0) is 0 Å². The molecule has 0 aromatic rings. The smallest absolute Gasteiger partial charge is 0.248 e. The molecule has 1 unspecified atom stereocenters. The minimum atomic E-state index is -1.44. The number of nitrogens with two attached hydrogens (primary N) is 1. The Balaban J connectivity index is 2.27. The largest absolute Gasteiger partial charge is 0.381 e. The predicted octanol–water partition coefficient (Wildman–Crippen LogP) is -2.51. The number of aliphatic hydroxyl groups is 1. The van der Waals surface area contributed by atoms with Crippen molar-refractivity contribution >= 4 is 23.6 Å². The van der Waals surface area contributed by atoms with Crippen LogP contribution < -0.4 is 11.1 Å². The fourth-order valence-corrected chi connectivity index (χ4v) is 1.49. The van der Waals surface area contributed by atoms with Crippen LogP contribution in [0.3, 0.4) is 0 Å². The highest BCUT2D eigenvalue weighted by molar-refractivity contribution is 6.02. The molecule has 0 saturated carbocycles. The lowest BCUT2D eigenvalue weighted by Crippen LogP contribution is -2.41. The van der Waals surface area contributed by atoms with Crippen molar-refractivity contribution in [3.63, 3.8) is 0 Å². The van der Waals surface area contributed by atoms with Gasteiger partial charge in [-0.25, -0.2) is 0 Å². The van der Waals surface area contributed by atoms with Crippen molar-refractivity contribution < 1.29 is 24.3 Å². The Hall–Kier alpha value is -1.96. The van der Waals surface area contributed by atoms with Gasteiger partial charge in [0.05, 0.1) is 6.54 Å². The van der Waals surface area contributed by atoms with Crippen molar-refractivity contribution in [1.82, 2.24) is 10.2 Å². The number of likely N-dealkylation sites (tertiary alicyclic amines) is 1. The molecular weight excluding hydrogens is 242 g/mol. The standard InChI is InChI=1S/C10H15N3O5/c11-10(18)6(14)5-12-7(15)3-4-13-8(16)1-2-9(13)17/h6,14H,1-5H2,(H2,11,18)(H,12,15). The summed E-state index contributed by atoms with van der Waals surface area (Å²) < 4.78 is 0. The van der Waals surface area contributed by atoms with Crippen molar-refractivity contribution in [3.05, 3.63) is 0 Å². The lowest BCUT2D eigenvalue weighted by atomic mass is 10.3. The highest BCUT2D eigenvalue weighted by Crippen LogP contribution is 2.11. The van der Waals surface area contributed by atoms with Gasteiger partial charge in [-0.15, -0.1) is 0 Å². The number of hydrogen-bond donors (Lipinski definition) is 3. The summed E-state index contributed by atoms with van der Waals surface area (Å²) in [5, 5.41) is 11.3. The Bertz CT molecular complexity index is 366. The Morgan fingerprint density at radius 1 is 1.33 bits per heavy atom. The van der Waals surface area contributed by atoms with Gasteiger partial charge in [0.25, 0.3) is 0 Å². The second-order valence-electron chi connectivity index (χ2n) is 3.91. The lowest BCUT2D eigenvalue weighted by Gasteiger charge is -2.13. The first kappa shape index (κ1) is 14.1. The molecule has 0 aromatic carbocycles. The molecule has 0 spiro atoms. The highest BCUT2D eigenvalue weighted by Gasteiger charge is 2.28. The Kier molecular flexibility index (Phi) is 4.78. The molecule has 1 rings (SSSR count). The molecule has 0 bridgehead atoms. The van der Waals surface area contributed by atoms with E-state index in [0.717, 1.165) is 4.90 Å². The molecule has 100 valence electrons. The first-order valence-corrected chi connectivity index (χ1v) is 5.49. The van der Waals surface area contributed by atoms with Crippen LogP contribution in [0, 0.1) is 0 Å².